The summed E-state index contributed by atoms with van der Waals surface area (Å²) in [6.07, 6.45) is 0. The second-order valence-electron chi connectivity index (χ2n) is 2.19. The van der Waals surface area contributed by atoms with Gasteiger partial charge in [-0.05, 0) is 13.8 Å². The summed E-state index contributed by atoms with van der Waals surface area (Å²) in [7, 11) is 0. The van der Waals surface area contributed by atoms with Crippen molar-refractivity contribution in [1.29, 1.82) is 0 Å². The van der Waals surface area contributed by atoms with Gasteiger partial charge in [-0.15, -0.1) is 0 Å². The van der Waals surface area contributed by atoms with Crippen LogP contribution in [0.25, 0.3) is 0 Å². The van der Waals surface area contributed by atoms with Gasteiger partial charge >= 0.3 is 5.97 Å². The van der Waals surface area contributed by atoms with Crippen molar-refractivity contribution in [1.82, 2.24) is 0 Å². The van der Waals surface area contributed by atoms with Crippen LogP contribution in [-0.4, -0.2) is 30.0 Å². The number of nitrogens with zero attached hydrogens (tertiary/aromatic N) is 1. The minimum absolute atomic E-state index is 0.0728. The van der Waals surface area contributed by atoms with Crippen LogP contribution in [0.3, 0.4) is 0 Å². The summed E-state index contributed by atoms with van der Waals surface area (Å²) in [5.74, 6) is -0.475. The van der Waals surface area contributed by atoms with E-state index in [2.05, 4.69) is 21.3 Å². The molecule has 0 amide bonds. The van der Waals surface area contributed by atoms with E-state index >= 15 is 0 Å². The van der Waals surface area contributed by atoms with Crippen molar-refractivity contribution in [2.75, 3.05) is 13.2 Å². The van der Waals surface area contributed by atoms with Gasteiger partial charge < -0.3 is 14.7 Å². The van der Waals surface area contributed by atoms with E-state index in [1.807, 2.05) is 0 Å². The van der Waals surface area contributed by atoms with Gasteiger partial charge in [-0.1, -0.05) is 11.7 Å². The molecule has 74 valence electrons. The molecule has 0 unspecified atom stereocenters. The maximum atomic E-state index is 10.9. The zero-order valence-corrected chi connectivity index (χ0v) is 7.74. The molecule has 0 atom stereocenters. The molecule has 0 radical (unpaired) electrons. The minimum Gasteiger partial charge on any atom is -0.461 e. The first-order chi connectivity index (χ1) is 6.11. The first-order valence-electron chi connectivity index (χ1n) is 3.79. The molecule has 13 heavy (non-hydrogen) atoms. The molecule has 0 saturated carbocycles. The SMILES string of the molecule is C=C(CO)ON=C(C)C(=O)OCC. The first-order valence-corrected chi connectivity index (χ1v) is 3.79. The number of esters is 1. The molecule has 0 aliphatic rings. The Balaban J connectivity index is 4.01. The molecule has 0 rings (SSSR count). The Hall–Kier alpha value is -1.36. The molecule has 5 heteroatoms. The number of carbonyl (C=O) groups excluding carboxylic acids is 1. The maximum Gasteiger partial charge on any atom is 0.355 e. The number of hydrogen-bond donors (Lipinski definition) is 1. The van der Waals surface area contributed by atoms with Gasteiger partial charge in [0.2, 0.25) is 0 Å². The highest BCUT2D eigenvalue weighted by Gasteiger charge is 2.06. The lowest BCUT2D eigenvalue weighted by molar-refractivity contribution is -0.135. The number of hydrogen-bond acceptors (Lipinski definition) is 5. The van der Waals surface area contributed by atoms with Crippen molar-refractivity contribution in [2.45, 2.75) is 13.8 Å². The van der Waals surface area contributed by atoms with Crippen LogP contribution in [0.5, 0.6) is 0 Å². The van der Waals surface area contributed by atoms with E-state index in [-0.39, 0.29) is 24.7 Å². The molecule has 0 aromatic rings. The molecule has 0 heterocycles. The average molecular weight is 187 g/mol. The van der Waals surface area contributed by atoms with Crippen molar-refractivity contribution in [3.8, 4) is 0 Å². The lowest BCUT2D eigenvalue weighted by Gasteiger charge is -2.01. The number of oxime groups is 1. The summed E-state index contributed by atoms with van der Waals surface area (Å²) < 4.78 is 4.63. The fourth-order valence-electron chi connectivity index (χ4n) is 0.435. The van der Waals surface area contributed by atoms with Crippen molar-refractivity contribution in [3.63, 3.8) is 0 Å². The lowest BCUT2D eigenvalue weighted by Crippen LogP contribution is -2.14. The highest BCUT2D eigenvalue weighted by atomic mass is 16.6. The van der Waals surface area contributed by atoms with Gasteiger partial charge in [-0.25, -0.2) is 4.79 Å². The Morgan fingerprint density at radius 3 is 2.69 bits per heavy atom. The summed E-state index contributed by atoms with van der Waals surface area (Å²) in [4.78, 5) is 15.5. The summed E-state index contributed by atoms with van der Waals surface area (Å²) in [6.45, 7) is 6.41. The minimum atomic E-state index is -0.548. The Morgan fingerprint density at radius 1 is 1.62 bits per heavy atom. The number of carbonyl (C=O) groups is 1. The maximum absolute atomic E-state index is 10.9. The normalized spacial score (nSPS) is 10.8. The Bertz CT molecular complexity index is 222. The van der Waals surface area contributed by atoms with E-state index in [4.69, 9.17) is 5.11 Å². The second kappa shape index (κ2) is 6.19. The summed E-state index contributed by atoms with van der Waals surface area (Å²) in [6, 6.07) is 0. The van der Waals surface area contributed by atoms with Gasteiger partial charge in [0.1, 0.15) is 6.61 Å². The van der Waals surface area contributed by atoms with Crippen LogP contribution in [0.4, 0.5) is 0 Å². The quantitative estimate of drug-likeness (QED) is 0.293. The molecule has 0 aromatic carbocycles. The first kappa shape index (κ1) is 11.6. The average Bonchev–Trinajstić information content (AvgIpc) is 2.13. The monoisotopic (exact) mass is 187 g/mol. The van der Waals surface area contributed by atoms with Gasteiger partial charge in [-0.2, -0.15) is 0 Å². The number of aliphatic hydroxyl groups is 1. The van der Waals surface area contributed by atoms with E-state index in [0.29, 0.717) is 0 Å². The van der Waals surface area contributed by atoms with E-state index in [1.54, 1.807) is 6.92 Å². The Kier molecular flexibility index (Phi) is 5.54. The predicted molar refractivity (Wildman–Crippen MR) is 47.1 cm³/mol. The highest BCUT2D eigenvalue weighted by Crippen LogP contribution is 1.93. The van der Waals surface area contributed by atoms with Crippen LogP contribution < -0.4 is 0 Å². The molecular formula is C8H13NO4. The van der Waals surface area contributed by atoms with Crippen LogP contribution in [0.2, 0.25) is 0 Å². The summed E-state index contributed by atoms with van der Waals surface area (Å²) in [5.41, 5.74) is 0.0800. The van der Waals surface area contributed by atoms with Crippen LogP contribution in [0.15, 0.2) is 17.5 Å². The Morgan fingerprint density at radius 2 is 2.23 bits per heavy atom. The third kappa shape index (κ3) is 4.97. The molecule has 0 bridgehead atoms. The Labute approximate surface area is 76.6 Å². The van der Waals surface area contributed by atoms with Crippen LogP contribution in [0, 0.1) is 0 Å². The van der Waals surface area contributed by atoms with E-state index in [9.17, 15) is 4.79 Å². The molecule has 0 saturated heterocycles. The molecule has 0 aliphatic heterocycles. The third-order valence-corrected chi connectivity index (χ3v) is 1.06. The molecular weight excluding hydrogens is 174 g/mol. The smallest absolute Gasteiger partial charge is 0.355 e. The molecule has 0 fully saturated rings. The van der Waals surface area contributed by atoms with Gasteiger partial charge in [0, 0.05) is 0 Å². The van der Waals surface area contributed by atoms with Crippen molar-refractivity contribution < 1.29 is 19.5 Å². The van der Waals surface area contributed by atoms with Crippen molar-refractivity contribution >= 4 is 11.7 Å². The van der Waals surface area contributed by atoms with E-state index in [0.717, 1.165) is 0 Å². The molecule has 1 N–H and O–H groups in total. The zero-order valence-electron chi connectivity index (χ0n) is 7.74. The van der Waals surface area contributed by atoms with Crippen LogP contribution >= 0.6 is 0 Å². The van der Waals surface area contributed by atoms with Gasteiger partial charge in [0.25, 0.3) is 0 Å². The van der Waals surface area contributed by atoms with E-state index < -0.39 is 5.97 Å². The largest absolute Gasteiger partial charge is 0.461 e. The molecule has 0 aromatic heterocycles. The van der Waals surface area contributed by atoms with Gasteiger partial charge in [0.05, 0.1) is 6.61 Å². The topological polar surface area (TPSA) is 68.1 Å². The zero-order chi connectivity index (χ0) is 10.3. The fraction of sp³-hybridized carbons (Fsp3) is 0.500. The fourth-order valence-corrected chi connectivity index (χ4v) is 0.435. The van der Waals surface area contributed by atoms with Crippen LogP contribution in [0.1, 0.15) is 13.8 Å². The van der Waals surface area contributed by atoms with Crippen molar-refractivity contribution in [3.05, 3.63) is 12.3 Å². The molecule has 0 aliphatic carbocycles. The number of aliphatic hydroxyl groups excluding tert-OH is 1. The van der Waals surface area contributed by atoms with E-state index in [1.165, 1.54) is 6.92 Å². The molecule has 5 nitrogen and oxygen atoms in total. The van der Waals surface area contributed by atoms with Gasteiger partial charge in [-0.3, -0.25) is 0 Å². The predicted octanol–water partition coefficient (Wildman–Crippen LogP) is 0.448. The second-order valence-corrected chi connectivity index (χ2v) is 2.19. The van der Waals surface area contributed by atoms with Gasteiger partial charge in [0.15, 0.2) is 11.5 Å². The highest BCUT2D eigenvalue weighted by molar-refractivity contribution is 6.35. The lowest BCUT2D eigenvalue weighted by atomic mass is 10.4. The third-order valence-electron chi connectivity index (χ3n) is 1.06. The summed E-state index contributed by atoms with van der Waals surface area (Å²) >= 11 is 0. The molecule has 0 spiro atoms. The number of rotatable bonds is 5. The van der Waals surface area contributed by atoms with Crippen LogP contribution in [-0.2, 0) is 14.4 Å². The standard InChI is InChI=1S/C8H13NO4/c1-4-12-8(11)7(3)9-13-6(2)5-10/h10H,2,4-5H2,1,3H3. The number of ether oxygens (including phenoxy) is 1. The van der Waals surface area contributed by atoms with Crippen molar-refractivity contribution in [2.24, 2.45) is 5.16 Å². The summed E-state index contributed by atoms with van der Waals surface area (Å²) in [5, 5.41) is 11.9.